The number of allylic oxidation sites excluding steroid dienone is 3. The zero-order valence-electron chi connectivity index (χ0n) is 21.4. The standard InChI is InChI=1S/C27H37NO3.C2H6/c1-5-8-21(9-6-2)19-28-12-10-20(11-13-28)15-23-16-22-17-25(30-4)26(31-14-7-3)18-24(22)27(23)29;1-2/h5-6,8-9,17-18,20,23H,1,7,10-16,19H2,2-4H3;1-2H3/b9-6-,21-8+;. The maximum absolute atomic E-state index is 13.1. The van der Waals surface area contributed by atoms with E-state index >= 15 is 0 Å². The van der Waals surface area contributed by atoms with Crippen LogP contribution in [0.5, 0.6) is 11.5 Å². The third-order valence-corrected chi connectivity index (χ3v) is 6.40. The summed E-state index contributed by atoms with van der Waals surface area (Å²) in [4.78, 5) is 15.6. The first-order chi connectivity index (χ1) is 16.1. The van der Waals surface area contributed by atoms with Crippen LogP contribution in [0.3, 0.4) is 0 Å². The van der Waals surface area contributed by atoms with Crippen molar-refractivity contribution in [2.24, 2.45) is 11.8 Å². The van der Waals surface area contributed by atoms with E-state index in [0.717, 1.165) is 68.6 Å². The van der Waals surface area contributed by atoms with Gasteiger partial charge in [0, 0.05) is 18.0 Å². The summed E-state index contributed by atoms with van der Waals surface area (Å²) in [7, 11) is 1.66. The maximum Gasteiger partial charge on any atom is 0.166 e. The molecule has 1 heterocycles. The number of methoxy groups -OCH3 is 1. The number of hydrogen-bond acceptors (Lipinski definition) is 4. The van der Waals surface area contributed by atoms with Gasteiger partial charge in [0.05, 0.1) is 13.7 Å². The molecule has 0 saturated carbocycles. The first-order valence-electron chi connectivity index (χ1n) is 12.6. The molecule has 0 radical (unpaired) electrons. The second kappa shape index (κ2) is 14.0. The van der Waals surface area contributed by atoms with Crippen molar-refractivity contribution >= 4 is 5.78 Å². The molecule has 1 aromatic rings. The van der Waals surface area contributed by atoms with Gasteiger partial charge in [-0.05, 0) is 81.3 Å². The summed E-state index contributed by atoms with van der Waals surface area (Å²) in [5, 5.41) is 0. The Labute approximate surface area is 201 Å². The number of hydrogen-bond donors (Lipinski definition) is 0. The van der Waals surface area contributed by atoms with Gasteiger partial charge in [-0.15, -0.1) is 0 Å². The van der Waals surface area contributed by atoms with Gasteiger partial charge >= 0.3 is 0 Å². The summed E-state index contributed by atoms with van der Waals surface area (Å²) in [6, 6.07) is 3.92. The number of rotatable bonds is 10. The lowest BCUT2D eigenvalue weighted by atomic mass is 9.85. The summed E-state index contributed by atoms with van der Waals surface area (Å²) in [6.07, 6.45) is 13.2. The van der Waals surface area contributed by atoms with Crippen LogP contribution in [0.4, 0.5) is 0 Å². The van der Waals surface area contributed by atoms with E-state index in [9.17, 15) is 4.79 Å². The van der Waals surface area contributed by atoms with Crippen molar-refractivity contribution in [3.63, 3.8) is 0 Å². The van der Waals surface area contributed by atoms with Gasteiger partial charge in [-0.2, -0.15) is 0 Å². The Morgan fingerprint density at radius 1 is 1.21 bits per heavy atom. The second-order valence-corrected chi connectivity index (χ2v) is 8.71. The van der Waals surface area contributed by atoms with Crippen LogP contribution < -0.4 is 9.47 Å². The summed E-state index contributed by atoms with van der Waals surface area (Å²) >= 11 is 0. The number of carbonyl (C=O) groups excluding carboxylic acids is 1. The van der Waals surface area contributed by atoms with Crippen molar-refractivity contribution in [1.82, 2.24) is 4.90 Å². The highest BCUT2D eigenvalue weighted by Crippen LogP contribution is 2.39. The summed E-state index contributed by atoms with van der Waals surface area (Å²) in [5.74, 6) is 2.42. The van der Waals surface area contributed by atoms with Crippen molar-refractivity contribution in [1.29, 1.82) is 0 Å². The molecule has 0 spiro atoms. The Bertz CT molecular complexity index is 832. The Hall–Kier alpha value is -2.33. The van der Waals surface area contributed by atoms with Crippen LogP contribution >= 0.6 is 0 Å². The molecule has 1 aliphatic carbocycles. The van der Waals surface area contributed by atoms with E-state index < -0.39 is 0 Å². The molecule has 1 aliphatic heterocycles. The van der Waals surface area contributed by atoms with Gasteiger partial charge in [-0.25, -0.2) is 0 Å². The minimum absolute atomic E-state index is 0.0944. The van der Waals surface area contributed by atoms with Crippen LogP contribution in [0.15, 0.2) is 48.6 Å². The number of likely N-dealkylation sites (tertiary alicyclic amines) is 1. The van der Waals surface area contributed by atoms with Crippen LogP contribution in [0.1, 0.15) is 69.3 Å². The third kappa shape index (κ3) is 7.33. The van der Waals surface area contributed by atoms with Crippen LogP contribution in [-0.4, -0.2) is 44.0 Å². The van der Waals surface area contributed by atoms with Crippen LogP contribution in [0, 0.1) is 11.8 Å². The molecule has 1 fully saturated rings. The van der Waals surface area contributed by atoms with Crippen molar-refractivity contribution in [3.05, 3.63) is 59.7 Å². The molecule has 1 saturated heterocycles. The van der Waals surface area contributed by atoms with Gasteiger partial charge in [0.2, 0.25) is 0 Å². The molecule has 1 aromatic carbocycles. The number of nitrogens with zero attached hydrogens (tertiary/aromatic N) is 1. The van der Waals surface area contributed by atoms with Crippen molar-refractivity contribution in [3.8, 4) is 11.5 Å². The van der Waals surface area contributed by atoms with Crippen LogP contribution in [0.2, 0.25) is 0 Å². The van der Waals surface area contributed by atoms with Crippen molar-refractivity contribution < 1.29 is 14.3 Å². The molecule has 2 aliphatic rings. The number of fused-ring (bicyclic) bond motifs is 1. The zero-order valence-corrected chi connectivity index (χ0v) is 21.4. The lowest BCUT2D eigenvalue weighted by Crippen LogP contribution is -2.35. The summed E-state index contributed by atoms with van der Waals surface area (Å²) in [6.45, 7) is 15.7. The minimum atomic E-state index is 0.0944. The topological polar surface area (TPSA) is 38.8 Å². The first kappa shape index (κ1) is 26.9. The normalized spacial score (nSPS) is 19.2. The number of ether oxygens (including phenoxy) is 2. The largest absolute Gasteiger partial charge is 0.493 e. The zero-order chi connectivity index (χ0) is 24.2. The second-order valence-electron chi connectivity index (χ2n) is 8.71. The fraction of sp³-hybridized carbons (Fsp3) is 0.552. The minimum Gasteiger partial charge on any atom is -0.493 e. The number of ketones is 1. The van der Waals surface area contributed by atoms with E-state index in [-0.39, 0.29) is 11.7 Å². The predicted molar refractivity (Wildman–Crippen MR) is 139 cm³/mol. The van der Waals surface area contributed by atoms with Gasteiger partial charge < -0.3 is 9.47 Å². The molecule has 4 nitrogen and oxygen atoms in total. The highest BCUT2D eigenvalue weighted by atomic mass is 16.5. The van der Waals surface area contributed by atoms with E-state index in [1.807, 2.05) is 39.0 Å². The molecular formula is C29H43NO3. The van der Waals surface area contributed by atoms with E-state index in [2.05, 4.69) is 36.6 Å². The summed E-state index contributed by atoms with van der Waals surface area (Å²) < 4.78 is 11.3. The maximum atomic E-state index is 13.1. The molecule has 1 unspecified atom stereocenters. The fourth-order valence-corrected chi connectivity index (χ4v) is 4.82. The predicted octanol–water partition coefficient (Wildman–Crippen LogP) is 6.66. The van der Waals surface area contributed by atoms with E-state index in [1.54, 1.807) is 7.11 Å². The third-order valence-electron chi connectivity index (χ3n) is 6.40. The molecule has 0 amide bonds. The molecular weight excluding hydrogens is 410 g/mol. The lowest BCUT2D eigenvalue weighted by Gasteiger charge is -2.33. The molecule has 1 atom stereocenters. The number of benzene rings is 1. The lowest BCUT2D eigenvalue weighted by molar-refractivity contribution is 0.0899. The Balaban J connectivity index is 0.00000187. The van der Waals surface area contributed by atoms with Crippen molar-refractivity contribution in [2.45, 2.75) is 59.8 Å². The van der Waals surface area contributed by atoms with Gasteiger partial charge in [0.1, 0.15) is 0 Å². The van der Waals surface area contributed by atoms with Gasteiger partial charge in [0.15, 0.2) is 17.3 Å². The average molecular weight is 454 g/mol. The highest BCUT2D eigenvalue weighted by Gasteiger charge is 2.34. The smallest absolute Gasteiger partial charge is 0.166 e. The fourth-order valence-electron chi connectivity index (χ4n) is 4.82. The Morgan fingerprint density at radius 3 is 2.55 bits per heavy atom. The van der Waals surface area contributed by atoms with E-state index in [1.165, 1.54) is 5.57 Å². The van der Waals surface area contributed by atoms with E-state index in [4.69, 9.17) is 9.47 Å². The molecule has 0 aromatic heterocycles. The van der Waals surface area contributed by atoms with Gasteiger partial charge in [0.25, 0.3) is 0 Å². The van der Waals surface area contributed by atoms with Crippen LogP contribution in [-0.2, 0) is 6.42 Å². The molecule has 0 bridgehead atoms. The number of carbonyl (C=O) groups is 1. The quantitative estimate of drug-likeness (QED) is 0.372. The van der Waals surface area contributed by atoms with E-state index in [0.29, 0.717) is 18.3 Å². The molecule has 3 rings (SSSR count). The van der Waals surface area contributed by atoms with Gasteiger partial charge in [-0.1, -0.05) is 51.7 Å². The number of Topliss-reactive ketones (excluding diaryl/α,β-unsaturated/α-hetero) is 1. The van der Waals surface area contributed by atoms with Crippen LogP contribution in [0.25, 0.3) is 0 Å². The first-order valence-corrected chi connectivity index (χ1v) is 12.6. The Kier molecular flexibility index (Phi) is 11.5. The molecule has 4 heteroatoms. The monoisotopic (exact) mass is 453 g/mol. The van der Waals surface area contributed by atoms with Crippen molar-refractivity contribution in [2.75, 3.05) is 33.4 Å². The Morgan fingerprint density at radius 2 is 1.94 bits per heavy atom. The molecule has 33 heavy (non-hydrogen) atoms. The number of piperidine rings is 1. The molecule has 182 valence electrons. The molecule has 0 N–H and O–H groups in total. The SMILES string of the molecule is C=C/C=C(\C=C/C)CN1CCC(CC2Cc3cc(OC)c(OCCC)cc3C2=O)CC1.CC. The average Bonchev–Trinajstić information content (AvgIpc) is 3.14. The van der Waals surface area contributed by atoms with Gasteiger partial charge in [-0.3, -0.25) is 9.69 Å². The highest BCUT2D eigenvalue weighted by molar-refractivity contribution is 6.02. The summed E-state index contributed by atoms with van der Waals surface area (Å²) in [5.41, 5.74) is 3.24.